The minimum Gasteiger partial charge on any atom is -0.497 e. The number of methoxy groups -OCH3 is 3. The van der Waals surface area contributed by atoms with Gasteiger partial charge in [0.2, 0.25) is 25.1 Å². The predicted octanol–water partition coefficient (Wildman–Crippen LogP) is 5.96. The Kier molecular flexibility index (Phi) is 6.98. The van der Waals surface area contributed by atoms with E-state index in [9.17, 15) is 0 Å². The second kappa shape index (κ2) is 11.3. The van der Waals surface area contributed by atoms with Crippen molar-refractivity contribution in [2.75, 3.05) is 52.9 Å². The molecule has 0 amide bonds. The lowest BCUT2D eigenvalue weighted by Gasteiger charge is -2.29. The fourth-order valence-electron chi connectivity index (χ4n) is 6.99. The molecule has 0 N–H and O–H groups in total. The molecule has 4 aliphatic rings. The average molecular weight is 609 g/mol. The molecule has 4 heterocycles. The first-order chi connectivity index (χ1) is 22.1. The average Bonchev–Trinajstić information content (AvgIpc) is 3.74. The zero-order valence-corrected chi connectivity index (χ0v) is 25.8. The fourth-order valence-corrected chi connectivity index (χ4v) is 6.99. The molecule has 0 aliphatic carbocycles. The number of anilines is 1. The Morgan fingerprint density at radius 3 is 1.84 bits per heavy atom. The van der Waals surface area contributed by atoms with E-state index in [2.05, 4.69) is 64.4 Å². The van der Waals surface area contributed by atoms with Crippen molar-refractivity contribution in [1.29, 1.82) is 0 Å². The van der Waals surface area contributed by atoms with E-state index in [4.69, 9.17) is 33.2 Å². The molecule has 0 bridgehead atoms. The number of ether oxygens (including phenoxy) is 7. The molecule has 4 aromatic rings. The van der Waals surface area contributed by atoms with Gasteiger partial charge in [0.15, 0.2) is 23.0 Å². The Morgan fingerprint density at radius 2 is 1.24 bits per heavy atom. The van der Waals surface area contributed by atoms with Gasteiger partial charge in [0.25, 0.3) is 0 Å². The summed E-state index contributed by atoms with van der Waals surface area (Å²) in [5, 5.41) is 0. The molecule has 0 aromatic heterocycles. The molecule has 9 nitrogen and oxygen atoms in total. The zero-order valence-electron chi connectivity index (χ0n) is 25.8. The maximum absolute atomic E-state index is 6.07. The van der Waals surface area contributed by atoms with Crippen molar-refractivity contribution in [2.24, 2.45) is 0 Å². The molecule has 0 spiro atoms. The molecule has 4 aliphatic heterocycles. The second-order valence-electron chi connectivity index (χ2n) is 11.8. The van der Waals surface area contributed by atoms with Crippen LogP contribution in [0.2, 0.25) is 0 Å². The van der Waals surface area contributed by atoms with Crippen molar-refractivity contribution < 1.29 is 33.2 Å². The standard InChI is InChI=1S/C36H36N2O7/c1-39-28-9-6-24-17-37(13-11-23(24)14-28)12-10-22-4-7-27(8-5-22)38-18-25-15-29(40-2)33-35(44-20-42-33)31(25)32-26(19-38)16-30(41-3)34-36(32)45-21-43-34/h4-9,14-16H,10-13,17-21H2,1-3H3. The van der Waals surface area contributed by atoms with Gasteiger partial charge in [-0.2, -0.15) is 0 Å². The minimum absolute atomic E-state index is 0.136. The van der Waals surface area contributed by atoms with E-state index in [1.807, 2.05) is 0 Å². The second-order valence-corrected chi connectivity index (χ2v) is 11.8. The maximum Gasteiger partial charge on any atom is 0.231 e. The summed E-state index contributed by atoms with van der Waals surface area (Å²) in [5.41, 5.74) is 9.27. The highest BCUT2D eigenvalue weighted by atomic mass is 16.7. The van der Waals surface area contributed by atoms with Gasteiger partial charge in [-0.05, 0) is 77.1 Å². The lowest BCUT2D eigenvalue weighted by Crippen LogP contribution is -2.32. The summed E-state index contributed by atoms with van der Waals surface area (Å²) in [6, 6.07) is 19.5. The first-order valence-corrected chi connectivity index (χ1v) is 15.3. The number of rotatable bonds is 7. The van der Waals surface area contributed by atoms with Crippen LogP contribution in [0.3, 0.4) is 0 Å². The number of fused-ring (bicyclic) bond motifs is 8. The molecule has 45 heavy (non-hydrogen) atoms. The quantitative estimate of drug-likeness (QED) is 0.253. The van der Waals surface area contributed by atoms with Gasteiger partial charge in [0.05, 0.1) is 21.3 Å². The van der Waals surface area contributed by atoms with Gasteiger partial charge < -0.3 is 38.1 Å². The van der Waals surface area contributed by atoms with E-state index >= 15 is 0 Å². The number of benzene rings is 4. The minimum atomic E-state index is 0.136. The van der Waals surface area contributed by atoms with Crippen molar-refractivity contribution in [3.05, 3.63) is 82.4 Å². The largest absolute Gasteiger partial charge is 0.497 e. The Bertz CT molecular complexity index is 1700. The van der Waals surface area contributed by atoms with E-state index in [0.717, 1.165) is 66.2 Å². The van der Waals surface area contributed by atoms with Crippen LogP contribution >= 0.6 is 0 Å². The van der Waals surface area contributed by atoms with E-state index in [1.54, 1.807) is 21.3 Å². The van der Waals surface area contributed by atoms with Crippen molar-refractivity contribution in [2.45, 2.75) is 32.5 Å². The zero-order chi connectivity index (χ0) is 30.5. The molecular weight excluding hydrogens is 572 g/mol. The normalized spacial score (nSPS) is 16.0. The molecule has 0 saturated carbocycles. The van der Waals surface area contributed by atoms with Crippen LogP contribution in [0.5, 0.6) is 40.2 Å². The predicted molar refractivity (Wildman–Crippen MR) is 169 cm³/mol. The van der Waals surface area contributed by atoms with Gasteiger partial charge in [-0.3, -0.25) is 4.90 Å². The molecule has 0 fully saturated rings. The van der Waals surface area contributed by atoms with Crippen LogP contribution in [0, 0.1) is 0 Å². The Hall–Kier alpha value is -4.76. The summed E-state index contributed by atoms with van der Waals surface area (Å²) in [4.78, 5) is 4.91. The lowest BCUT2D eigenvalue weighted by molar-refractivity contribution is 0.170. The van der Waals surface area contributed by atoms with Gasteiger partial charge in [-0.15, -0.1) is 0 Å². The molecule has 9 heteroatoms. The van der Waals surface area contributed by atoms with Gasteiger partial charge in [-0.1, -0.05) is 18.2 Å². The molecule has 0 saturated heterocycles. The van der Waals surface area contributed by atoms with Crippen LogP contribution in [0.15, 0.2) is 54.6 Å². The summed E-state index contributed by atoms with van der Waals surface area (Å²) >= 11 is 0. The highest BCUT2D eigenvalue weighted by Gasteiger charge is 2.36. The van der Waals surface area contributed by atoms with Crippen LogP contribution in [0.4, 0.5) is 5.69 Å². The van der Waals surface area contributed by atoms with E-state index in [1.165, 1.54) is 16.7 Å². The summed E-state index contributed by atoms with van der Waals surface area (Å²) < 4.78 is 40.7. The van der Waals surface area contributed by atoms with Crippen molar-refractivity contribution in [1.82, 2.24) is 4.90 Å². The first-order valence-electron chi connectivity index (χ1n) is 15.3. The first kappa shape index (κ1) is 27.8. The smallest absolute Gasteiger partial charge is 0.231 e. The monoisotopic (exact) mass is 608 g/mol. The highest BCUT2D eigenvalue weighted by molar-refractivity contribution is 5.89. The molecule has 0 unspecified atom stereocenters. The molecule has 8 rings (SSSR count). The Morgan fingerprint density at radius 1 is 0.622 bits per heavy atom. The van der Waals surface area contributed by atoms with Gasteiger partial charge in [0, 0.05) is 49.5 Å². The summed E-state index contributed by atoms with van der Waals surface area (Å²) in [6.45, 7) is 4.63. The molecule has 4 aromatic carbocycles. The van der Waals surface area contributed by atoms with Crippen LogP contribution in [-0.4, -0.2) is 52.9 Å². The van der Waals surface area contributed by atoms with E-state index < -0.39 is 0 Å². The van der Waals surface area contributed by atoms with Crippen LogP contribution < -0.4 is 38.1 Å². The van der Waals surface area contributed by atoms with Crippen LogP contribution in [0.1, 0.15) is 27.8 Å². The SMILES string of the molecule is COc1ccc2c(c1)CCN(CCc1ccc(N3Cc4cc(OC)c5c(c4-c4c(cc(OC)c6c4OCO6)C3)OCO5)cc1)C2. The van der Waals surface area contributed by atoms with Crippen molar-refractivity contribution >= 4 is 5.69 Å². The number of nitrogens with zero attached hydrogens (tertiary/aromatic N) is 2. The summed E-state index contributed by atoms with van der Waals surface area (Å²) in [7, 11) is 5.04. The van der Waals surface area contributed by atoms with Crippen LogP contribution in [0.25, 0.3) is 11.1 Å². The molecule has 0 atom stereocenters. The molecular formula is C36H36N2O7. The van der Waals surface area contributed by atoms with Crippen molar-refractivity contribution in [3.8, 4) is 51.4 Å². The fraction of sp³-hybridized carbons (Fsp3) is 0.333. The summed E-state index contributed by atoms with van der Waals surface area (Å²) in [6.07, 6.45) is 2.05. The third-order valence-electron chi connectivity index (χ3n) is 9.32. The molecule has 0 radical (unpaired) electrons. The van der Waals surface area contributed by atoms with E-state index in [0.29, 0.717) is 47.6 Å². The van der Waals surface area contributed by atoms with Gasteiger partial charge in [-0.25, -0.2) is 0 Å². The van der Waals surface area contributed by atoms with Crippen LogP contribution in [-0.2, 0) is 32.5 Å². The maximum atomic E-state index is 6.07. The van der Waals surface area contributed by atoms with Crippen molar-refractivity contribution in [3.63, 3.8) is 0 Å². The highest BCUT2D eigenvalue weighted by Crippen LogP contribution is 2.58. The lowest BCUT2D eigenvalue weighted by atomic mass is 9.93. The third kappa shape index (κ3) is 4.82. The van der Waals surface area contributed by atoms with E-state index in [-0.39, 0.29) is 13.6 Å². The third-order valence-corrected chi connectivity index (χ3v) is 9.32. The molecule has 232 valence electrons. The Balaban J connectivity index is 1.08. The topological polar surface area (TPSA) is 71.1 Å². The Labute approximate surface area is 262 Å². The van der Waals surface area contributed by atoms with Gasteiger partial charge >= 0.3 is 0 Å². The number of hydrogen-bond acceptors (Lipinski definition) is 9. The van der Waals surface area contributed by atoms with Gasteiger partial charge in [0.1, 0.15) is 5.75 Å². The number of hydrogen-bond donors (Lipinski definition) is 0. The summed E-state index contributed by atoms with van der Waals surface area (Å²) in [5.74, 6) is 4.81.